The summed E-state index contributed by atoms with van der Waals surface area (Å²) in [7, 11) is 0. The van der Waals surface area contributed by atoms with Crippen LogP contribution >= 0.6 is 0 Å². The molecule has 4 rings (SSSR count). The van der Waals surface area contributed by atoms with Crippen molar-refractivity contribution in [3.63, 3.8) is 0 Å². The first-order valence-corrected chi connectivity index (χ1v) is 11.5. The average molecular weight is 466 g/mol. The lowest BCUT2D eigenvalue weighted by Gasteiger charge is -2.23. The van der Waals surface area contributed by atoms with Gasteiger partial charge in [0.25, 0.3) is 11.8 Å². The molecule has 0 bridgehead atoms. The fourth-order valence-electron chi connectivity index (χ4n) is 3.79. The van der Waals surface area contributed by atoms with Crippen LogP contribution in [0.4, 0.5) is 5.69 Å². The maximum absolute atomic E-state index is 13.3. The maximum atomic E-state index is 13.3. The van der Waals surface area contributed by atoms with Crippen LogP contribution in [-0.4, -0.2) is 33.3 Å². The zero-order chi connectivity index (χ0) is 24.8. The predicted octanol–water partition coefficient (Wildman–Crippen LogP) is 5.00. The van der Waals surface area contributed by atoms with Crippen molar-refractivity contribution in [3.05, 3.63) is 108 Å². The molecule has 0 aliphatic rings. The Kier molecular flexibility index (Phi) is 7.26. The molecule has 0 saturated carbocycles. The van der Waals surface area contributed by atoms with Crippen molar-refractivity contribution in [2.75, 3.05) is 11.4 Å². The number of hydrogen-bond acceptors (Lipinski definition) is 5. The highest BCUT2D eigenvalue weighted by atomic mass is 16.2. The summed E-state index contributed by atoms with van der Waals surface area (Å²) in [5.41, 5.74) is 5.18. The summed E-state index contributed by atoms with van der Waals surface area (Å²) in [4.78, 5) is 40.7. The highest BCUT2D eigenvalue weighted by molar-refractivity contribution is 6.07. The van der Waals surface area contributed by atoms with Gasteiger partial charge in [-0.05, 0) is 62.2 Å². The van der Waals surface area contributed by atoms with Gasteiger partial charge in [-0.3, -0.25) is 24.5 Å². The Morgan fingerprint density at radius 2 is 1.69 bits per heavy atom. The van der Waals surface area contributed by atoms with E-state index in [2.05, 4.69) is 20.3 Å². The maximum Gasteiger partial charge on any atom is 0.259 e. The molecule has 0 radical (unpaired) electrons. The van der Waals surface area contributed by atoms with E-state index in [4.69, 9.17) is 0 Å². The molecular weight excluding hydrogens is 438 g/mol. The molecule has 1 atom stereocenters. The number of aryl methyl sites for hydroxylation is 1. The highest BCUT2D eigenvalue weighted by Gasteiger charge is 2.20. The lowest BCUT2D eigenvalue weighted by Crippen LogP contribution is -2.31. The summed E-state index contributed by atoms with van der Waals surface area (Å²) in [5, 5.41) is 2.99. The molecule has 2 aromatic carbocycles. The molecule has 35 heavy (non-hydrogen) atoms. The smallest absolute Gasteiger partial charge is 0.259 e. The summed E-state index contributed by atoms with van der Waals surface area (Å²) in [6.07, 6.45) is 7.99. The van der Waals surface area contributed by atoms with E-state index in [1.807, 2.05) is 57.2 Å². The van der Waals surface area contributed by atoms with Crippen molar-refractivity contribution in [2.45, 2.75) is 26.8 Å². The molecule has 1 unspecified atom stereocenters. The van der Waals surface area contributed by atoms with Crippen LogP contribution in [-0.2, 0) is 0 Å². The molecule has 1 N–H and O–H groups in total. The molecule has 7 heteroatoms. The summed E-state index contributed by atoms with van der Waals surface area (Å²) in [6.45, 7) is 6.22. The van der Waals surface area contributed by atoms with Crippen LogP contribution in [0.2, 0.25) is 0 Å². The van der Waals surface area contributed by atoms with Gasteiger partial charge in [-0.15, -0.1) is 0 Å². The van der Waals surface area contributed by atoms with Gasteiger partial charge in [-0.2, -0.15) is 0 Å². The molecule has 0 saturated heterocycles. The molecule has 4 aromatic rings. The van der Waals surface area contributed by atoms with Crippen LogP contribution in [0, 0.1) is 6.92 Å². The predicted molar refractivity (Wildman–Crippen MR) is 136 cm³/mol. The van der Waals surface area contributed by atoms with E-state index >= 15 is 0 Å². The van der Waals surface area contributed by atoms with E-state index in [1.165, 1.54) is 0 Å². The molecule has 0 aliphatic heterocycles. The van der Waals surface area contributed by atoms with Crippen molar-refractivity contribution >= 4 is 17.5 Å². The minimum atomic E-state index is -0.331. The van der Waals surface area contributed by atoms with Crippen molar-refractivity contribution in [3.8, 4) is 11.1 Å². The largest absolute Gasteiger partial charge is 0.344 e. The quantitative estimate of drug-likeness (QED) is 0.415. The van der Waals surface area contributed by atoms with Crippen LogP contribution in [0.25, 0.3) is 11.1 Å². The molecule has 176 valence electrons. The van der Waals surface area contributed by atoms with Crippen LogP contribution in [0.5, 0.6) is 0 Å². The summed E-state index contributed by atoms with van der Waals surface area (Å²) in [5.74, 6) is -0.441. The number of nitrogens with zero attached hydrogens (tertiary/aromatic N) is 4. The molecular formula is C28H27N5O2. The second-order valence-corrected chi connectivity index (χ2v) is 8.25. The first kappa shape index (κ1) is 23.8. The Hall–Kier alpha value is -4.39. The first-order valence-electron chi connectivity index (χ1n) is 11.5. The number of carbonyl (C=O) groups is 2. The lowest BCUT2D eigenvalue weighted by atomic mass is 9.99. The van der Waals surface area contributed by atoms with Gasteiger partial charge in [0.2, 0.25) is 0 Å². The fraction of sp³-hybridized carbons (Fsp3) is 0.179. The van der Waals surface area contributed by atoms with Gasteiger partial charge in [0, 0.05) is 42.6 Å². The molecule has 2 amide bonds. The Balaban J connectivity index is 1.73. The van der Waals surface area contributed by atoms with Crippen LogP contribution < -0.4 is 10.2 Å². The molecule has 0 fully saturated rings. The van der Waals surface area contributed by atoms with Crippen molar-refractivity contribution in [1.29, 1.82) is 0 Å². The Morgan fingerprint density at radius 1 is 0.914 bits per heavy atom. The number of nitrogens with one attached hydrogen (secondary N) is 1. The van der Waals surface area contributed by atoms with E-state index < -0.39 is 0 Å². The Bertz CT molecular complexity index is 1310. The van der Waals surface area contributed by atoms with Crippen LogP contribution in [0.15, 0.2) is 85.6 Å². The van der Waals surface area contributed by atoms with Gasteiger partial charge in [-0.1, -0.05) is 29.8 Å². The van der Waals surface area contributed by atoms with Gasteiger partial charge in [0.1, 0.15) is 0 Å². The van der Waals surface area contributed by atoms with E-state index in [9.17, 15) is 9.59 Å². The van der Waals surface area contributed by atoms with Crippen molar-refractivity contribution in [1.82, 2.24) is 20.3 Å². The average Bonchev–Trinajstić information content (AvgIpc) is 2.90. The standard InChI is InChI=1S/C28H27N5O2/c1-4-33(28(35)22-6-5-11-29-17-22)25-15-23(21-9-7-19(2)8-10-21)14-24(16-25)27(34)32-20(3)26-18-30-12-13-31-26/h5-18,20H,4H2,1-3H3,(H,32,34). The number of aromatic nitrogens is 3. The third-order valence-corrected chi connectivity index (χ3v) is 5.72. The van der Waals surface area contributed by atoms with Crippen molar-refractivity contribution in [2.24, 2.45) is 0 Å². The van der Waals surface area contributed by atoms with E-state index in [0.717, 1.165) is 16.7 Å². The number of carbonyl (C=O) groups excluding carboxylic acids is 2. The second kappa shape index (κ2) is 10.7. The first-order chi connectivity index (χ1) is 17.0. The minimum absolute atomic E-state index is 0.180. The zero-order valence-corrected chi connectivity index (χ0v) is 20.0. The molecule has 2 heterocycles. The van der Waals surface area contributed by atoms with E-state index in [-0.39, 0.29) is 17.9 Å². The molecule has 0 spiro atoms. The number of hydrogen-bond donors (Lipinski definition) is 1. The SMILES string of the molecule is CCN(C(=O)c1cccnc1)c1cc(C(=O)NC(C)c2cnccn2)cc(-c2ccc(C)cc2)c1. The zero-order valence-electron chi connectivity index (χ0n) is 20.0. The topological polar surface area (TPSA) is 88.1 Å². The van der Waals surface area contributed by atoms with Gasteiger partial charge < -0.3 is 10.2 Å². The number of amides is 2. The molecule has 0 aliphatic carbocycles. The van der Waals surface area contributed by atoms with E-state index in [1.54, 1.807) is 54.1 Å². The summed E-state index contributed by atoms with van der Waals surface area (Å²) >= 11 is 0. The monoisotopic (exact) mass is 465 g/mol. The van der Waals surface area contributed by atoms with Gasteiger partial charge in [0.15, 0.2) is 0 Å². The number of rotatable bonds is 7. The number of anilines is 1. The van der Waals surface area contributed by atoms with Gasteiger partial charge >= 0.3 is 0 Å². The molecule has 2 aromatic heterocycles. The Labute approximate surface area is 204 Å². The van der Waals surface area contributed by atoms with E-state index in [0.29, 0.717) is 29.1 Å². The second-order valence-electron chi connectivity index (χ2n) is 8.25. The summed E-state index contributed by atoms with van der Waals surface area (Å²) in [6, 6.07) is 16.7. The minimum Gasteiger partial charge on any atom is -0.344 e. The lowest BCUT2D eigenvalue weighted by molar-refractivity contribution is 0.0936. The Morgan fingerprint density at radius 3 is 2.34 bits per heavy atom. The van der Waals surface area contributed by atoms with Crippen LogP contribution in [0.1, 0.15) is 51.9 Å². The highest BCUT2D eigenvalue weighted by Crippen LogP contribution is 2.29. The van der Waals surface area contributed by atoms with Gasteiger partial charge in [-0.25, -0.2) is 0 Å². The number of pyridine rings is 1. The van der Waals surface area contributed by atoms with Crippen LogP contribution in [0.3, 0.4) is 0 Å². The van der Waals surface area contributed by atoms with Gasteiger partial charge in [0.05, 0.1) is 23.5 Å². The third kappa shape index (κ3) is 5.58. The van der Waals surface area contributed by atoms with Crippen molar-refractivity contribution < 1.29 is 9.59 Å². The summed E-state index contributed by atoms with van der Waals surface area (Å²) < 4.78 is 0. The fourth-order valence-corrected chi connectivity index (χ4v) is 3.79. The number of benzene rings is 2. The molecule has 7 nitrogen and oxygen atoms in total. The third-order valence-electron chi connectivity index (χ3n) is 5.72. The normalized spacial score (nSPS) is 11.5.